The van der Waals surface area contributed by atoms with E-state index in [0.29, 0.717) is 16.3 Å². The van der Waals surface area contributed by atoms with Crippen molar-refractivity contribution in [2.45, 2.75) is 0 Å². The van der Waals surface area contributed by atoms with Crippen molar-refractivity contribution in [3.8, 4) is 5.75 Å². The minimum atomic E-state index is -0.626. The largest absolute Gasteiger partial charge is 0.494 e. The summed E-state index contributed by atoms with van der Waals surface area (Å²) in [5.41, 5.74) is 5.93. The van der Waals surface area contributed by atoms with E-state index in [-0.39, 0.29) is 5.69 Å². The van der Waals surface area contributed by atoms with Crippen molar-refractivity contribution in [2.24, 2.45) is 5.73 Å². The number of nitrogens with two attached hydrogens (primary N) is 1. The molecule has 1 aromatic heterocycles. The van der Waals surface area contributed by atoms with E-state index in [1.165, 1.54) is 7.11 Å². The molecule has 4 nitrogen and oxygen atoms in total. The minimum absolute atomic E-state index is 0.109. The van der Waals surface area contributed by atoms with Crippen molar-refractivity contribution in [1.29, 1.82) is 0 Å². The van der Waals surface area contributed by atoms with Crippen LogP contribution >= 0.6 is 11.6 Å². The molecule has 0 aliphatic heterocycles. The first-order chi connectivity index (χ1) is 7.61. The fraction of sp³-hybridized carbons (Fsp3) is 0.0909. The van der Waals surface area contributed by atoms with Crippen molar-refractivity contribution in [1.82, 2.24) is 4.98 Å². The Morgan fingerprint density at radius 1 is 1.44 bits per heavy atom. The molecule has 0 aliphatic rings. The predicted molar refractivity (Wildman–Crippen MR) is 61.8 cm³/mol. The number of pyridine rings is 1. The zero-order valence-electron chi connectivity index (χ0n) is 8.53. The SMILES string of the molecule is COc1cc2ccc(Cl)cc2nc1C(N)=O. The van der Waals surface area contributed by atoms with Gasteiger partial charge in [0.2, 0.25) is 0 Å². The van der Waals surface area contributed by atoms with Gasteiger partial charge in [-0.15, -0.1) is 0 Å². The Bertz CT molecular complexity index is 569. The quantitative estimate of drug-likeness (QED) is 0.867. The van der Waals surface area contributed by atoms with E-state index in [0.717, 1.165) is 5.39 Å². The molecule has 2 N–H and O–H groups in total. The number of amides is 1. The maximum Gasteiger partial charge on any atom is 0.271 e. The molecule has 1 aromatic carbocycles. The molecule has 0 unspecified atom stereocenters. The lowest BCUT2D eigenvalue weighted by Gasteiger charge is -2.06. The van der Waals surface area contributed by atoms with E-state index in [1.807, 2.05) is 0 Å². The van der Waals surface area contributed by atoms with E-state index >= 15 is 0 Å². The van der Waals surface area contributed by atoms with Gasteiger partial charge in [-0.05, 0) is 18.2 Å². The molecule has 16 heavy (non-hydrogen) atoms. The van der Waals surface area contributed by atoms with E-state index < -0.39 is 5.91 Å². The molecule has 0 fully saturated rings. The average Bonchev–Trinajstić information content (AvgIpc) is 2.27. The van der Waals surface area contributed by atoms with Crippen LogP contribution in [-0.2, 0) is 0 Å². The standard InChI is InChI=1S/C11H9ClN2O2/c1-16-9-4-6-2-3-7(12)5-8(6)14-10(9)11(13)15/h2-5H,1H3,(H2,13,15). The lowest BCUT2D eigenvalue weighted by atomic mass is 10.2. The zero-order chi connectivity index (χ0) is 11.7. The Morgan fingerprint density at radius 2 is 2.19 bits per heavy atom. The lowest BCUT2D eigenvalue weighted by molar-refractivity contribution is 0.0993. The predicted octanol–water partition coefficient (Wildman–Crippen LogP) is 2.00. The summed E-state index contributed by atoms with van der Waals surface area (Å²) >= 11 is 5.84. The van der Waals surface area contributed by atoms with Gasteiger partial charge in [0, 0.05) is 10.4 Å². The number of aromatic nitrogens is 1. The van der Waals surface area contributed by atoms with Crippen LogP contribution in [0.15, 0.2) is 24.3 Å². The number of rotatable bonds is 2. The number of benzene rings is 1. The third-order valence-electron chi connectivity index (χ3n) is 2.20. The van der Waals surface area contributed by atoms with Crippen LogP contribution in [0.25, 0.3) is 10.9 Å². The number of primary amides is 1. The van der Waals surface area contributed by atoms with Crippen LogP contribution in [0.3, 0.4) is 0 Å². The maximum atomic E-state index is 11.2. The van der Waals surface area contributed by atoms with Gasteiger partial charge in [-0.3, -0.25) is 4.79 Å². The molecule has 0 saturated heterocycles. The second-order valence-corrected chi connectivity index (χ2v) is 3.68. The average molecular weight is 237 g/mol. The molecule has 82 valence electrons. The summed E-state index contributed by atoms with van der Waals surface area (Å²) < 4.78 is 5.05. The van der Waals surface area contributed by atoms with Crippen LogP contribution < -0.4 is 10.5 Å². The summed E-state index contributed by atoms with van der Waals surface area (Å²) in [6, 6.07) is 6.93. The number of hydrogen-bond acceptors (Lipinski definition) is 3. The Hall–Kier alpha value is -1.81. The summed E-state index contributed by atoms with van der Waals surface area (Å²) in [5, 5.41) is 1.40. The van der Waals surface area contributed by atoms with Crippen LogP contribution in [0, 0.1) is 0 Å². The fourth-order valence-corrected chi connectivity index (χ4v) is 1.62. The number of halogens is 1. The first kappa shape index (κ1) is 10.7. The van der Waals surface area contributed by atoms with Crippen molar-refractivity contribution in [3.05, 3.63) is 35.0 Å². The maximum absolute atomic E-state index is 11.2. The highest BCUT2D eigenvalue weighted by Crippen LogP contribution is 2.24. The normalized spacial score (nSPS) is 10.4. The molecular formula is C11H9ClN2O2. The number of ether oxygens (including phenoxy) is 1. The lowest BCUT2D eigenvalue weighted by Crippen LogP contribution is -2.14. The second kappa shape index (κ2) is 3.98. The molecule has 0 radical (unpaired) electrons. The van der Waals surface area contributed by atoms with Crippen LogP contribution in [0.4, 0.5) is 0 Å². The highest BCUT2D eigenvalue weighted by Gasteiger charge is 2.12. The van der Waals surface area contributed by atoms with Gasteiger partial charge in [0.25, 0.3) is 5.91 Å². The number of carbonyl (C=O) groups excluding carboxylic acids is 1. The van der Waals surface area contributed by atoms with Crippen LogP contribution in [0.1, 0.15) is 10.5 Å². The molecule has 1 amide bonds. The van der Waals surface area contributed by atoms with Gasteiger partial charge in [-0.25, -0.2) is 4.98 Å². The molecule has 1 heterocycles. The molecule has 0 saturated carbocycles. The third kappa shape index (κ3) is 1.79. The van der Waals surface area contributed by atoms with E-state index in [1.54, 1.807) is 24.3 Å². The summed E-state index contributed by atoms with van der Waals surface area (Å²) in [5.74, 6) is -0.263. The number of carbonyl (C=O) groups is 1. The first-order valence-electron chi connectivity index (χ1n) is 4.56. The number of fused-ring (bicyclic) bond motifs is 1. The van der Waals surface area contributed by atoms with Gasteiger partial charge in [-0.1, -0.05) is 17.7 Å². The van der Waals surface area contributed by atoms with E-state index in [4.69, 9.17) is 22.1 Å². The molecule has 5 heteroatoms. The minimum Gasteiger partial charge on any atom is -0.494 e. The van der Waals surface area contributed by atoms with E-state index in [2.05, 4.69) is 4.98 Å². The monoisotopic (exact) mass is 236 g/mol. The summed E-state index contributed by atoms with van der Waals surface area (Å²) in [6.07, 6.45) is 0. The van der Waals surface area contributed by atoms with Gasteiger partial charge in [0.1, 0.15) is 0 Å². The van der Waals surface area contributed by atoms with Crippen LogP contribution in [-0.4, -0.2) is 18.0 Å². The smallest absolute Gasteiger partial charge is 0.271 e. The Morgan fingerprint density at radius 3 is 2.81 bits per heavy atom. The third-order valence-corrected chi connectivity index (χ3v) is 2.43. The Labute approximate surface area is 97.0 Å². The summed E-state index contributed by atoms with van der Waals surface area (Å²) in [6.45, 7) is 0. The van der Waals surface area contributed by atoms with Crippen molar-refractivity contribution in [2.75, 3.05) is 7.11 Å². The number of nitrogens with zero attached hydrogens (tertiary/aromatic N) is 1. The van der Waals surface area contributed by atoms with Gasteiger partial charge in [0.15, 0.2) is 11.4 Å². The molecule has 0 bridgehead atoms. The highest BCUT2D eigenvalue weighted by molar-refractivity contribution is 6.31. The fourth-order valence-electron chi connectivity index (χ4n) is 1.45. The molecule has 2 rings (SSSR count). The second-order valence-electron chi connectivity index (χ2n) is 3.24. The van der Waals surface area contributed by atoms with Crippen LogP contribution in [0.5, 0.6) is 5.75 Å². The van der Waals surface area contributed by atoms with Crippen molar-refractivity contribution in [3.63, 3.8) is 0 Å². The van der Waals surface area contributed by atoms with Gasteiger partial charge in [0.05, 0.1) is 12.6 Å². The zero-order valence-corrected chi connectivity index (χ0v) is 9.28. The van der Waals surface area contributed by atoms with Crippen LogP contribution in [0.2, 0.25) is 5.02 Å². The van der Waals surface area contributed by atoms with E-state index in [9.17, 15) is 4.79 Å². The number of methoxy groups -OCH3 is 1. The molecule has 0 aliphatic carbocycles. The van der Waals surface area contributed by atoms with Gasteiger partial charge in [-0.2, -0.15) is 0 Å². The highest BCUT2D eigenvalue weighted by atomic mass is 35.5. The summed E-state index contributed by atoms with van der Waals surface area (Å²) in [7, 11) is 1.46. The Kier molecular flexibility index (Phi) is 2.66. The topological polar surface area (TPSA) is 65.2 Å². The molecular weight excluding hydrogens is 228 g/mol. The molecule has 0 atom stereocenters. The summed E-state index contributed by atoms with van der Waals surface area (Å²) in [4.78, 5) is 15.3. The van der Waals surface area contributed by atoms with Gasteiger partial charge >= 0.3 is 0 Å². The van der Waals surface area contributed by atoms with Crippen molar-refractivity contribution < 1.29 is 9.53 Å². The van der Waals surface area contributed by atoms with Crippen molar-refractivity contribution >= 4 is 28.4 Å². The molecule has 2 aromatic rings. The molecule has 0 spiro atoms. The number of hydrogen-bond donors (Lipinski definition) is 1. The first-order valence-corrected chi connectivity index (χ1v) is 4.93. The van der Waals surface area contributed by atoms with Gasteiger partial charge < -0.3 is 10.5 Å². The Balaban J connectivity index is 2.75.